The molecule has 0 atom stereocenters. The Morgan fingerprint density at radius 3 is 1.39 bits per heavy atom. The van der Waals surface area contributed by atoms with Crippen LogP contribution in [0.25, 0.3) is 122 Å². The fourth-order valence-electron chi connectivity index (χ4n) is 8.63. The Hall–Kier alpha value is -8.41. The first kappa shape index (κ1) is 35.5. The second-order valence-electron chi connectivity index (χ2n) is 15.6. The Morgan fingerprint density at radius 2 is 0.742 bits per heavy atom. The van der Waals surface area contributed by atoms with Gasteiger partial charge >= 0.3 is 0 Å². The summed E-state index contributed by atoms with van der Waals surface area (Å²) in [6.45, 7) is 0. The highest BCUT2D eigenvalue weighted by Gasteiger charge is 2.17. The van der Waals surface area contributed by atoms with Crippen LogP contribution in [-0.2, 0) is 0 Å². The standard InChI is InChI=1S/C57H35N3O2/c1-2-10-36(11-3-1)37-19-21-38(22-20-37)57-59-51(42-13-8-12-39(28-42)43-14-9-27-58-35-43)34-52(60-57)46-30-44(40-23-25-55-49(32-40)47-15-4-6-17-53(47)61-55)29-45(31-46)41-24-26-56-50(33-41)48-16-5-7-18-54(48)62-56/h1-35H. The number of pyridine rings is 1. The summed E-state index contributed by atoms with van der Waals surface area (Å²) in [7, 11) is 0. The van der Waals surface area contributed by atoms with E-state index in [-0.39, 0.29) is 0 Å². The average molecular weight is 794 g/mol. The molecule has 0 unspecified atom stereocenters. The van der Waals surface area contributed by atoms with Crippen LogP contribution in [0.5, 0.6) is 0 Å². The molecule has 4 heterocycles. The highest BCUT2D eigenvalue weighted by Crippen LogP contribution is 2.39. The van der Waals surface area contributed by atoms with Gasteiger partial charge in [0.15, 0.2) is 5.82 Å². The van der Waals surface area contributed by atoms with E-state index in [4.69, 9.17) is 18.8 Å². The molecule has 0 spiro atoms. The Labute approximate surface area is 357 Å². The molecule has 0 saturated heterocycles. The average Bonchev–Trinajstić information content (AvgIpc) is 3.92. The van der Waals surface area contributed by atoms with E-state index in [1.54, 1.807) is 6.20 Å². The van der Waals surface area contributed by atoms with Crippen molar-refractivity contribution in [3.05, 3.63) is 213 Å². The first-order valence-electron chi connectivity index (χ1n) is 20.7. The molecular formula is C57H35N3O2. The number of hydrogen-bond acceptors (Lipinski definition) is 5. The molecule has 0 aliphatic rings. The summed E-state index contributed by atoms with van der Waals surface area (Å²) < 4.78 is 12.5. The number of benzene rings is 8. The van der Waals surface area contributed by atoms with Crippen LogP contribution in [0.4, 0.5) is 0 Å². The van der Waals surface area contributed by atoms with Crippen LogP contribution in [0.15, 0.2) is 221 Å². The third kappa shape index (κ3) is 6.40. The van der Waals surface area contributed by atoms with Gasteiger partial charge in [0.05, 0.1) is 11.4 Å². The van der Waals surface area contributed by atoms with Crippen LogP contribution in [0.1, 0.15) is 0 Å². The minimum Gasteiger partial charge on any atom is -0.456 e. The van der Waals surface area contributed by atoms with Gasteiger partial charge in [0.2, 0.25) is 0 Å². The Balaban J connectivity index is 1.07. The van der Waals surface area contributed by atoms with Crippen molar-refractivity contribution in [1.29, 1.82) is 0 Å². The fraction of sp³-hybridized carbons (Fsp3) is 0. The van der Waals surface area contributed by atoms with Gasteiger partial charge in [-0.3, -0.25) is 4.98 Å². The van der Waals surface area contributed by atoms with Gasteiger partial charge in [0.1, 0.15) is 22.3 Å². The summed E-state index contributed by atoms with van der Waals surface area (Å²) in [4.78, 5) is 15.0. The van der Waals surface area contributed by atoms with Crippen molar-refractivity contribution in [2.45, 2.75) is 0 Å². The van der Waals surface area contributed by atoms with E-state index in [0.717, 1.165) is 116 Å². The lowest BCUT2D eigenvalue weighted by Crippen LogP contribution is -1.97. The van der Waals surface area contributed by atoms with Gasteiger partial charge in [-0.25, -0.2) is 9.97 Å². The van der Waals surface area contributed by atoms with Gasteiger partial charge in [0.25, 0.3) is 0 Å². The smallest absolute Gasteiger partial charge is 0.160 e. The maximum absolute atomic E-state index is 6.25. The third-order valence-corrected chi connectivity index (χ3v) is 11.8. The zero-order valence-electron chi connectivity index (χ0n) is 33.4. The van der Waals surface area contributed by atoms with Gasteiger partial charge in [-0.15, -0.1) is 0 Å². The molecule has 0 amide bonds. The lowest BCUT2D eigenvalue weighted by atomic mass is 9.93. The molecule has 62 heavy (non-hydrogen) atoms. The zero-order chi connectivity index (χ0) is 41.0. The molecule has 8 aromatic carbocycles. The van der Waals surface area contributed by atoms with E-state index in [2.05, 4.69) is 169 Å². The van der Waals surface area contributed by atoms with Crippen LogP contribution in [0.3, 0.4) is 0 Å². The minimum absolute atomic E-state index is 0.647. The first-order valence-corrected chi connectivity index (χ1v) is 20.7. The maximum Gasteiger partial charge on any atom is 0.160 e. The summed E-state index contributed by atoms with van der Waals surface area (Å²) in [6.07, 6.45) is 3.69. The molecule has 4 aromatic heterocycles. The second-order valence-corrected chi connectivity index (χ2v) is 15.6. The predicted molar refractivity (Wildman–Crippen MR) is 252 cm³/mol. The third-order valence-electron chi connectivity index (χ3n) is 11.8. The van der Waals surface area contributed by atoms with Crippen LogP contribution in [0, 0.1) is 0 Å². The van der Waals surface area contributed by atoms with Gasteiger partial charge in [-0.2, -0.15) is 0 Å². The highest BCUT2D eigenvalue weighted by atomic mass is 16.3. The normalized spacial score (nSPS) is 11.5. The molecular weight excluding hydrogens is 759 g/mol. The number of nitrogens with zero attached hydrogens (tertiary/aromatic N) is 3. The summed E-state index contributed by atoms with van der Waals surface area (Å²) in [5, 5.41) is 4.34. The monoisotopic (exact) mass is 793 g/mol. The minimum atomic E-state index is 0.647. The number of para-hydroxylation sites is 2. The summed E-state index contributed by atoms with van der Waals surface area (Å²) in [5.74, 6) is 0.647. The molecule has 0 aliphatic heterocycles. The topological polar surface area (TPSA) is 65.0 Å². The quantitative estimate of drug-likeness (QED) is 0.161. The number of fused-ring (bicyclic) bond motifs is 6. The Kier molecular flexibility index (Phi) is 8.42. The maximum atomic E-state index is 6.25. The lowest BCUT2D eigenvalue weighted by molar-refractivity contribution is 0.668. The largest absolute Gasteiger partial charge is 0.456 e. The molecule has 0 fully saturated rings. The molecule has 12 aromatic rings. The molecule has 0 aliphatic carbocycles. The zero-order valence-corrected chi connectivity index (χ0v) is 33.4. The predicted octanol–water partition coefficient (Wildman–Crippen LogP) is 15.3. The van der Waals surface area contributed by atoms with Gasteiger partial charge < -0.3 is 8.83 Å². The van der Waals surface area contributed by atoms with Crippen LogP contribution in [-0.4, -0.2) is 15.0 Å². The highest BCUT2D eigenvalue weighted by molar-refractivity contribution is 6.07. The first-order chi connectivity index (χ1) is 30.7. The van der Waals surface area contributed by atoms with Crippen molar-refractivity contribution < 1.29 is 8.83 Å². The second kappa shape index (κ2) is 14.7. The molecule has 0 radical (unpaired) electrons. The van der Waals surface area contributed by atoms with E-state index in [0.29, 0.717) is 5.82 Å². The molecule has 5 nitrogen and oxygen atoms in total. The molecule has 0 saturated carbocycles. The molecule has 5 heteroatoms. The van der Waals surface area contributed by atoms with E-state index >= 15 is 0 Å². The van der Waals surface area contributed by atoms with Crippen LogP contribution in [0.2, 0.25) is 0 Å². The number of hydrogen-bond donors (Lipinski definition) is 0. The van der Waals surface area contributed by atoms with Crippen molar-refractivity contribution in [1.82, 2.24) is 15.0 Å². The van der Waals surface area contributed by atoms with E-state index in [1.165, 1.54) is 0 Å². The van der Waals surface area contributed by atoms with Gasteiger partial charge in [0, 0.05) is 56.2 Å². The number of aromatic nitrogens is 3. The lowest BCUT2D eigenvalue weighted by Gasteiger charge is -2.14. The van der Waals surface area contributed by atoms with Crippen LogP contribution < -0.4 is 0 Å². The summed E-state index contributed by atoms with van der Waals surface area (Å²) in [5.41, 5.74) is 16.7. The van der Waals surface area contributed by atoms with Gasteiger partial charge in [-0.1, -0.05) is 127 Å². The van der Waals surface area contributed by atoms with Crippen molar-refractivity contribution in [2.75, 3.05) is 0 Å². The van der Waals surface area contributed by atoms with Crippen molar-refractivity contribution in [3.63, 3.8) is 0 Å². The molecule has 290 valence electrons. The summed E-state index contributed by atoms with van der Waals surface area (Å²) in [6, 6.07) is 69.8. The number of rotatable bonds is 7. The Morgan fingerprint density at radius 1 is 0.274 bits per heavy atom. The Bertz CT molecular complexity index is 3490. The van der Waals surface area contributed by atoms with Crippen molar-refractivity contribution in [2.24, 2.45) is 0 Å². The molecule has 0 bridgehead atoms. The van der Waals surface area contributed by atoms with E-state index < -0.39 is 0 Å². The summed E-state index contributed by atoms with van der Waals surface area (Å²) >= 11 is 0. The number of furan rings is 2. The van der Waals surface area contributed by atoms with E-state index in [9.17, 15) is 0 Å². The molecule has 0 N–H and O–H groups in total. The van der Waals surface area contributed by atoms with E-state index in [1.807, 2.05) is 42.6 Å². The van der Waals surface area contributed by atoms with Gasteiger partial charge in [-0.05, 0) is 112 Å². The van der Waals surface area contributed by atoms with Crippen molar-refractivity contribution in [3.8, 4) is 78.4 Å². The van der Waals surface area contributed by atoms with Crippen LogP contribution >= 0.6 is 0 Å². The van der Waals surface area contributed by atoms with Crippen molar-refractivity contribution >= 4 is 43.9 Å². The fourth-order valence-corrected chi connectivity index (χ4v) is 8.63. The SMILES string of the molecule is c1ccc(-c2ccc(-c3nc(-c4cccc(-c5cccnc5)c4)cc(-c4cc(-c5ccc6oc7ccccc7c6c5)cc(-c5ccc6oc7ccccc7c6c5)c4)n3)cc2)cc1. The molecule has 12 rings (SSSR count).